The molecule has 0 aromatic heterocycles. The van der Waals surface area contributed by atoms with Gasteiger partial charge in [0.05, 0.1) is 5.69 Å². The zero-order valence-corrected chi connectivity index (χ0v) is 13.8. The van der Waals surface area contributed by atoms with E-state index in [-0.39, 0.29) is 17.4 Å². The highest BCUT2D eigenvalue weighted by atomic mass is 16.8. The van der Waals surface area contributed by atoms with Gasteiger partial charge < -0.3 is 15.0 Å². The Morgan fingerprint density at radius 2 is 1.96 bits per heavy atom. The average molecular weight is 323 g/mol. The van der Waals surface area contributed by atoms with Crippen molar-refractivity contribution in [2.24, 2.45) is 0 Å². The summed E-state index contributed by atoms with van der Waals surface area (Å²) in [5, 5.41) is 21.5. The van der Waals surface area contributed by atoms with Crippen LogP contribution in [0.4, 0.5) is 16.2 Å². The molecule has 0 unspecified atom stereocenters. The molecule has 128 valence electrons. The number of carbonyl (C=O) groups excluding carboxylic acids is 1. The molecule has 0 aliphatic carbocycles. The molecular weight excluding hydrogens is 298 g/mol. The van der Waals surface area contributed by atoms with E-state index in [1.54, 1.807) is 23.1 Å². The summed E-state index contributed by atoms with van der Waals surface area (Å²) in [5.41, 5.74) is 0.625. The number of anilines is 2. The number of likely N-dealkylation sites (tertiary alicyclic amines) is 1. The van der Waals surface area contributed by atoms with Crippen molar-refractivity contribution in [3.63, 3.8) is 0 Å². The van der Waals surface area contributed by atoms with Gasteiger partial charge in [-0.05, 0) is 51.8 Å². The van der Waals surface area contributed by atoms with Gasteiger partial charge in [0, 0.05) is 24.8 Å². The van der Waals surface area contributed by atoms with E-state index in [4.69, 9.17) is 15.2 Å². The minimum atomic E-state index is -0.479. The van der Waals surface area contributed by atoms with Crippen molar-refractivity contribution in [1.82, 2.24) is 4.90 Å². The van der Waals surface area contributed by atoms with Crippen molar-refractivity contribution in [3.8, 4) is 0 Å². The maximum atomic E-state index is 12.0. The standard InChI is InChI=1S/C16H25N3O4/c1-16(2,3)23-15(20)18-9-7-12(8-10-18)17-13-5-4-6-14(11-13)19(21)22/h4-6,11-12,17,21-22H,7-10H2,1-3H3. The predicted molar refractivity (Wildman–Crippen MR) is 86.9 cm³/mol. The van der Waals surface area contributed by atoms with E-state index in [1.807, 2.05) is 26.8 Å². The number of piperidine rings is 1. The van der Waals surface area contributed by atoms with Crippen molar-refractivity contribution in [2.45, 2.75) is 45.3 Å². The fraction of sp³-hybridized carbons (Fsp3) is 0.562. The van der Waals surface area contributed by atoms with Crippen molar-refractivity contribution in [1.29, 1.82) is 0 Å². The normalized spacial score (nSPS) is 16.1. The molecule has 1 saturated heterocycles. The van der Waals surface area contributed by atoms with Crippen LogP contribution in [-0.4, -0.2) is 46.1 Å². The number of nitrogens with one attached hydrogen (secondary N) is 1. The van der Waals surface area contributed by atoms with Gasteiger partial charge in [0.2, 0.25) is 0 Å². The van der Waals surface area contributed by atoms with Crippen LogP contribution in [0, 0.1) is 0 Å². The summed E-state index contributed by atoms with van der Waals surface area (Å²) in [6.07, 6.45) is 1.35. The van der Waals surface area contributed by atoms with Crippen LogP contribution in [0.15, 0.2) is 24.3 Å². The summed E-state index contributed by atoms with van der Waals surface area (Å²) in [7, 11) is 0. The molecule has 1 fully saturated rings. The lowest BCUT2D eigenvalue weighted by atomic mass is 10.0. The summed E-state index contributed by atoms with van der Waals surface area (Å²) in [5.74, 6) is 0. The number of rotatable bonds is 3. The third-order valence-electron chi connectivity index (χ3n) is 3.59. The molecule has 2 rings (SSSR count). The van der Waals surface area contributed by atoms with Gasteiger partial charge in [-0.15, -0.1) is 5.23 Å². The second-order valence-corrected chi connectivity index (χ2v) is 6.73. The van der Waals surface area contributed by atoms with Gasteiger partial charge in [-0.2, -0.15) is 0 Å². The third-order valence-corrected chi connectivity index (χ3v) is 3.59. The van der Waals surface area contributed by atoms with E-state index in [2.05, 4.69) is 5.32 Å². The summed E-state index contributed by atoms with van der Waals surface area (Å²) in [4.78, 5) is 13.7. The zero-order valence-electron chi connectivity index (χ0n) is 13.8. The molecule has 1 aliphatic rings. The minimum Gasteiger partial charge on any atom is -0.444 e. The molecule has 3 N–H and O–H groups in total. The predicted octanol–water partition coefficient (Wildman–Crippen LogP) is 3.08. The lowest BCUT2D eigenvalue weighted by molar-refractivity contribution is 0.0209. The molecule has 0 saturated carbocycles. The van der Waals surface area contributed by atoms with E-state index in [1.165, 1.54) is 0 Å². The van der Waals surface area contributed by atoms with Crippen LogP contribution in [0.2, 0.25) is 0 Å². The van der Waals surface area contributed by atoms with Gasteiger partial charge in [-0.3, -0.25) is 10.4 Å². The number of hydrogen-bond acceptors (Lipinski definition) is 6. The maximum absolute atomic E-state index is 12.0. The Morgan fingerprint density at radius 3 is 2.52 bits per heavy atom. The molecule has 1 amide bonds. The molecule has 7 heteroatoms. The molecule has 0 spiro atoms. The van der Waals surface area contributed by atoms with Gasteiger partial charge in [-0.25, -0.2) is 4.79 Å². The highest BCUT2D eigenvalue weighted by molar-refractivity contribution is 5.68. The molecular formula is C16H25N3O4. The first kappa shape index (κ1) is 17.4. The average Bonchev–Trinajstić information content (AvgIpc) is 2.46. The number of carbonyl (C=O) groups is 1. The molecule has 1 heterocycles. The molecule has 23 heavy (non-hydrogen) atoms. The van der Waals surface area contributed by atoms with Gasteiger partial charge in [0.1, 0.15) is 5.60 Å². The largest absolute Gasteiger partial charge is 0.444 e. The van der Waals surface area contributed by atoms with Gasteiger partial charge in [0.15, 0.2) is 0 Å². The molecule has 0 atom stereocenters. The van der Waals surface area contributed by atoms with Crippen molar-refractivity contribution in [2.75, 3.05) is 23.6 Å². The molecule has 0 radical (unpaired) electrons. The fourth-order valence-electron chi connectivity index (χ4n) is 2.49. The third kappa shape index (κ3) is 5.30. The molecule has 1 aromatic carbocycles. The molecule has 1 aliphatic heterocycles. The quantitative estimate of drug-likeness (QED) is 0.741. The van der Waals surface area contributed by atoms with Crippen molar-refractivity contribution < 1.29 is 19.9 Å². The monoisotopic (exact) mass is 323 g/mol. The second kappa shape index (κ2) is 7.06. The van der Waals surface area contributed by atoms with Crippen LogP contribution in [-0.2, 0) is 4.74 Å². The Hall–Kier alpha value is -1.99. The van der Waals surface area contributed by atoms with Gasteiger partial charge >= 0.3 is 6.09 Å². The Morgan fingerprint density at radius 1 is 1.30 bits per heavy atom. The van der Waals surface area contributed by atoms with Crippen LogP contribution in [0.3, 0.4) is 0 Å². The van der Waals surface area contributed by atoms with Crippen LogP contribution in [0.1, 0.15) is 33.6 Å². The van der Waals surface area contributed by atoms with E-state index < -0.39 is 5.60 Å². The first-order valence-corrected chi connectivity index (χ1v) is 7.77. The van der Waals surface area contributed by atoms with Crippen LogP contribution < -0.4 is 10.5 Å². The van der Waals surface area contributed by atoms with Gasteiger partial charge in [0.25, 0.3) is 0 Å². The topological polar surface area (TPSA) is 85.3 Å². The highest BCUT2D eigenvalue weighted by Crippen LogP contribution is 2.21. The highest BCUT2D eigenvalue weighted by Gasteiger charge is 2.26. The minimum absolute atomic E-state index is 0.0935. The number of hydrogen-bond donors (Lipinski definition) is 3. The smallest absolute Gasteiger partial charge is 0.410 e. The Kier molecular flexibility index (Phi) is 5.33. The summed E-state index contributed by atoms with van der Waals surface area (Å²) in [6.45, 7) is 6.85. The van der Waals surface area contributed by atoms with Crippen molar-refractivity contribution in [3.05, 3.63) is 24.3 Å². The van der Waals surface area contributed by atoms with E-state index in [0.717, 1.165) is 18.5 Å². The number of benzene rings is 1. The summed E-state index contributed by atoms with van der Waals surface area (Å²) < 4.78 is 5.38. The molecule has 7 nitrogen and oxygen atoms in total. The Bertz CT molecular complexity index is 534. The van der Waals surface area contributed by atoms with Gasteiger partial charge in [-0.1, -0.05) is 6.07 Å². The SMILES string of the molecule is CC(C)(C)OC(=O)N1CCC(Nc2cccc(N(O)O)c2)CC1. The van der Waals surface area contributed by atoms with Crippen LogP contribution >= 0.6 is 0 Å². The second-order valence-electron chi connectivity index (χ2n) is 6.73. The molecule has 0 bridgehead atoms. The lowest BCUT2D eigenvalue weighted by Crippen LogP contribution is -2.44. The number of amides is 1. The first-order valence-electron chi connectivity index (χ1n) is 7.77. The first-order chi connectivity index (χ1) is 10.7. The van der Waals surface area contributed by atoms with E-state index in [9.17, 15) is 4.79 Å². The van der Waals surface area contributed by atoms with E-state index in [0.29, 0.717) is 18.8 Å². The fourth-order valence-corrected chi connectivity index (χ4v) is 2.49. The molecule has 1 aromatic rings. The Labute approximate surface area is 136 Å². The summed E-state index contributed by atoms with van der Waals surface area (Å²) in [6, 6.07) is 7.09. The van der Waals surface area contributed by atoms with E-state index >= 15 is 0 Å². The van der Waals surface area contributed by atoms with Crippen molar-refractivity contribution >= 4 is 17.5 Å². The zero-order chi connectivity index (χ0) is 17.0. The summed E-state index contributed by atoms with van der Waals surface area (Å²) >= 11 is 0. The lowest BCUT2D eigenvalue weighted by Gasteiger charge is -2.34. The Balaban J connectivity index is 1.85. The van der Waals surface area contributed by atoms with Crippen LogP contribution in [0.5, 0.6) is 0 Å². The van der Waals surface area contributed by atoms with Crippen LogP contribution in [0.25, 0.3) is 0 Å². The number of ether oxygens (including phenoxy) is 1. The maximum Gasteiger partial charge on any atom is 0.410 e. The number of nitrogens with zero attached hydrogens (tertiary/aromatic N) is 2.